The van der Waals surface area contributed by atoms with E-state index in [2.05, 4.69) is 53.1 Å². The minimum Gasteiger partial charge on any atom is -0.379 e. The van der Waals surface area contributed by atoms with Crippen molar-refractivity contribution in [3.8, 4) is 0 Å². The summed E-state index contributed by atoms with van der Waals surface area (Å²) in [7, 11) is 0. The van der Waals surface area contributed by atoms with Crippen molar-refractivity contribution < 1.29 is 9.53 Å². The molecule has 3 N–H and O–H groups in total. The maximum atomic E-state index is 13.6. The van der Waals surface area contributed by atoms with E-state index in [0.717, 1.165) is 59.7 Å². The Bertz CT molecular complexity index is 1400. The molecule has 3 heterocycles. The van der Waals surface area contributed by atoms with Crippen LogP contribution in [-0.4, -0.2) is 46.5 Å². The second-order valence-electron chi connectivity index (χ2n) is 11.7. The number of H-pyrrole nitrogens is 1. The highest BCUT2D eigenvalue weighted by atomic mass is 32.2. The molecule has 0 spiro atoms. The molecule has 1 saturated heterocycles. The van der Waals surface area contributed by atoms with E-state index in [1.165, 1.54) is 24.6 Å². The van der Waals surface area contributed by atoms with Crippen LogP contribution >= 0.6 is 11.8 Å². The van der Waals surface area contributed by atoms with Crippen molar-refractivity contribution in [1.82, 2.24) is 20.2 Å². The van der Waals surface area contributed by atoms with Crippen LogP contribution in [0.4, 0.5) is 0 Å². The SMILES string of the molecule is CSc1cc(C)[nH]c(=O)c1CNC(=O)c1c(C)n(C(C)C2CCC(NC3(C)CCOC3)CC2)c2ccccc12. The van der Waals surface area contributed by atoms with Gasteiger partial charge in [-0.2, -0.15) is 0 Å². The highest BCUT2D eigenvalue weighted by Gasteiger charge is 2.35. The molecule has 210 valence electrons. The zero-order chi connectivity index (χ0) is 27.7. The highest BCUT2D eigenvalue weighted by molar-refractivity contribution is 7.98. The van der Waals surface area contributed by atoms with Crippen LogP contribution in [0.1, 0.15) is 79.3 Å². The molecule has 0 radical (unpaired) electrons. The van der Waals surface area contributed by atoms with Gasteiger partial charge in [0, 0.05) is 63.5 Å². The molecule has 1 aliphatic heterocycles. The van der Waals surface area contributed by atoms with E-state index in [1.807, 2.05) is 31.4 Å². The molecule has 39 heavy (non-hydrogen) atoms. The fraction of sp³-hybridized carbons (Fsp3) is 0.548. The standard InChI is InChI=1S/C31H42N4O3S/c1-19-16-27(39-5)25(29(36)33-19)17-32-30(37)28-21(3)35(26-9-7-6-8-24(26)28)20(2)22-10-12-23(13-11-22)34-31(4)14-15-38-18-31/h6-9,16,20,22-23,34H,10-15,17-18H2,1-5H3,(H,32,37)(H,33,36). The normalized spacial score (nSPS) is 24.2. The van der Waals surface area contributed by atoms with Crippen LogP contribution in [0.2, 0.25) is 0 Å². The number of pyridine rings is 1. The van der Waals surface area contributed by atoms with Gasteiger partial charge in [-0.25, -0.2) is 0 Å². The number of rotatable bonds is 8. The van der Waals surface area contributed by atoms with Crippen molar-refractivity contribution in [2.45, 2.75) is 88.9 Å². The molecule has 2 aliphatic rings. The maximum Gasteiger partial charge on any atom is 0.254 e. The lowest BCUT2D eigenvalue weighted by Gasteiger charge is -2.37. The predicted molar refractivity (Wildman–Crippen MR) is 159 cm³/mol. The molecule has 7 nitrogen and oxygen atoms in total. The molecule has 1 amide bonds. The molecule has 2 atom stereocenters. The number of nitrogens with zero attached hydrogens (tertiary/aromatic N) is 1. The van der Waals surface area contributed by atoms with Gasteiger partial charge in [0.1, 0.15) is 0 Å². The zero-order valence-electron chi connectivity index (χ0n) is 23.9. The van der Waals surface area contributed by atoms with Crippen LogP contribution < -0.4 is 16.2 Å². The number of aromatic amines is 1. The van der Waals surface area contributed by atoms with E-state index < -0.39 is 0 Å². The molecule has 5 rings (SSSR count). The molecule has 1 aromatic carbocycles. The summed E-state index contributed by atoms with van der Waals surface area (Å²) >= 11 is 1.52. The summed E-state index contributed by atoms with van der Waals surface area (Å²) in [6.07, 6.45) is 7.69. The first-order chi connectivity index (χ1) is 18.7. The lowest BCUT2D eigenvalue weighted by Crippen LogP contribution is -2.50. The van der Waals surface area contributed by atoms with Crippen molar-refractivity contribution in [1.29, 1.82) is 0 Å². The summed E-state index contributed by atoms with van der Waals surface area (Å²) < 4.78 is 8.02. The van der Waals surface area contributed by atoms with Crippen LogP contribution in [0.5, 0.6) is 0 Å². The van der Waals surface area contributed by atoms with Gasteiger partial charge < -0.3 is 24.9 Å². The molecule has 1 saturated carbocycles. The third kappa shape index (κ3) is 5.70. The van der Waals surface area contributed by atoms with Crippen LogP contribution in [0.3, 0.4) is 0 Å². The van der Waals surface area contributed by atoms with Gasteiger partial charge in [-0.05, 0) is 84.1 Å². The number of ether oxygens (including phenoxy) is 1. The number of nitrogens with one attached hydrogen (secondary N) is 3. The highest BCUT2D eigenvalue weighted by Crippen LogP contribution is 2.38. The lowest BCUT2D eigenvalue weighted by atomic mass is 9.81. The first-order valence-corrected chi connectivity index (χ1v) is 15.4. The molecule has 0 bridgehead atoms. The van der Waals surface area contributed by atoms with Gasteiger partial charge in [-0.15, -0.1) is 11.8 Å². The monoisotopic (exact) mass is 550 g/mol. The number of fused-ring (bicyclic) bond motifs is 1. The summed E-state index contributed by atoms with van der Waals surface area (Å²) in [4.78, 5) is 30.0. The van der Waals surface area contributed by atoms with Crippen LogP contribution in [0.25, 0.3) is 10.9 Å². The fourth-order valence-electron chi connectivity index (χ4n) is 6.73. The molecule has 2 aromatic heterocycles. The molecule has 3 aromatic rings. The van der Waals surface area contributed by atoms with Crippen molar-refractivity contribution >= 4 is 28.6 Å². The number of thioether (sulfide) groups is 1. The minimum atomic E-state index is -0.146. The van der Waals surface area contributed by atoms with Gasteiger partial charge >= 0.3 is 0 Å². The Morgan fingerprint density at radius 1 is 1.23 bits per heavy atom. The quantitative estimate of drug-likeness (QED) is 0.323. The average Bonchev–Trinajstić information content (AvgIpc) is 3.47. The molecule has 2 fully saturated rings. The predicted octanol–water partition coefficient (Wildman–Crippen LogP) is 5.49. The average molecular weight is 551 g/mol. The number of hydrogen-bond acceptors (Lipinski definition) is 5. The van der Waals surface area contributed by atoms with E-state index in [0.29, 0.717) is 23.1 Å². The Kier molecular flexibility index (Phi) is 8.26. The van der Waals surface area contributed by atoms with E-state index in [-0.39, 0.29) is 29.6 Å². The molecule has 2 unspecified atom stereocenters. The third-order valence-corrected chi connectivity index (χ3v) is 9.70. The Labute approximate surface area is 235 Å². The van der Waals surface area contributed by atoms with Crippen LogP contribution in [0.15, 0.2) is 40.0 Å². The van der Waals surface area contributed by atoms with Crippen molar-refractivity contribution in [2.75, 3.05) is 19.5 Å². The number of para-hydroxylation sites is 1. The minimum absolute atomic E-state index is 0.110. The first-order valence-electron chi connectivity index (χ1n) is 14.2. The van der Waals surface area contributed by atoms with Gasteiger partial charge in [-0.1, -0.05) is 18.2 Å². The Morgan fingerprint density at radius 3 is 2.67 bits per heavy atom. The third-order valence-electron chi connectivity index (χ3n) is 8.89. The zero-order valence-corrected chi connectivity index (χ0v) is 24.7. The maximum absolute atomic E-state index is 13.6. The summed E-state index contributed by atoms with van der Waals surface area (Å²) in [5.74, 6) is 0.415. The number of aromatic nitrogens is 2. The smallest absolute Gasteiger partial charge is 0.254 e. The summed E-state index contributed by atoms with van der Waals surface area (Å²) in [5, 5.41) is 7.90. The van der Waals surface area contributed by atoms with Crippen molar-refractivity contribution in [3.63, 3.8) is 0 Å². The van der Waals surface area contributed by atoms with Crippen molar-refractivity contribution in [3.05, 3.63) is 63.2 Å². The summed E-state index contributed by atoms with van der Waals surface area (Å²) in [6.45, 7) is 10.4. The molecular weight excluding hydrogens is 508 g/mol. The Hall–Kier alpha value is -2.55. The summed E-state index contributed by atoms with van der Waals surface area (Å²) in [5.41, 5.74) is 4.17. The van der Waals surface area contributed by atoms with Crippen LogP contribution in [-0.2, 0) is 11.3 Å². The Balaban J connectivity index is 1.34. The van der Waals surface area contributed by atoms with Gasteiger partial charge in [0.25, 0.3) is 11.5 Å². The fourth-order valence-corrected chi connectivity index (χ4v) is 7.43. The lowest BCUT2D eigenvalue weighted by molar-refractivity contribution is 0.0951. The second-order valence-corrected chi connectivity index (χ2v) is 12.6. The van der Waals surface area contributed by atoms with E-state index in [1.54, 1.807) is 0 Å². The first kappa shape index (κ1) is 28.0. The largest absolute Gasteiger partial charge is 0.379 e. The van der Waals surface area contributed by atoms with E-state index in [9.17, 15) is 9.59 Å². The number of amides is 1. The van der Waals surface area contributed by atoms with Crippen LogP contribution in [0, 0.1) is 19.8 Å². The number of carbonyl (C=O) groups is 1. The summed E-state index contributed by atoms with van der Waals surface area (Å²) in [6, 6.07) is 11.0. The van der Waals surface area contributed by atoms with Gasteiger partial charge in [0.2, 0.25) is 0 Å². The second kappa shape index (κ2) is 11.5. The van der Waals surface area contributed by atoms with Gasteiger partial charge in [-0.3, -0.25) is 9.59 Å². The van der Waals surface area contributed by atoms with Crippen molar-refractivity contribution in [2.24, 2.45) is 5.92 Å². The van der Waals surface area contributed by atoms with E-state index in [4.69, 9.17) is 4.74 Å². The van der Waals surface area contributed by atoms with Gasteiger partial charge in [0.15, 0.2) is 0 Å². The number of carbonyl (C=O) groups excluding carboxylic acids is 1. The van der Waals surface area contributed by atoms with Gasteiger partial charge in [0.05, 0.1) is 12.2 Å². The number of benzene rings is 1. The number of hydrogen-bond donors (Lipinski definition) is 3. The molecule has 1 aliphatic carbocycles. The molecular formula is C31H42N4O3S. The topological polar surface area (TPSA) is 88.2 Å². The Morgan fingerprint density at radius 2 is 1.97 bits per heavy atom. The molecule has 8 heteroatoms. The van der Waals surface area contributed by atoms with E-state index >= 15 is 0 Å². The number of aryl methyl sites for hydroxylation is 1.